The molecule has 0 unspecified atom stereocenters. The third-order valence-electron chi connectivity index (χ3n) is 5.49. The normalized spacial score (nSPS) is 11.9. The van der Waals surface area contributed by atoms with Gasteiger partial charge < -0.3 is 9.67 Å². The summed E-state index contributed by atoms with van der Waals surface area (Å²) < 4.78 is 44.2. The second-order valence-electron chi connectivity index (χ2n) is 7.75. The van der Waals surface area contributed by atoms with Gasteiger partial charge in [-0.1, -0.05) is 41.9 Å². The van der Waals surface area contributed by atoms with Gasteiger partial charge in [0.2, 0.25) is 0 Å². The van der Waals surface area contributed by atoms with Crippen LogP contribution in [0.15, 0.2) is 58.1 Å². The van der Waals surface area contributed by atoms with E-state index in [9.17, 15) is 22.8 Å². The zero-order chi connectivity index (χ0) is 24.6. The monoisotopic (exact) mass is 492 g/mol. The number of hydrogen-bond acceptors (Lipinski definition) is 4. The predicted molar refractivity (Wildman–Crippen MR) is 122 cm³/mol. The van der Waals surface area contributed by atoms with E-state index in [1.54, 1.807) is 12.1 Å². The average Bonchev–Trinajstić information content (AvgIpc) is 3.17. The molecule has 0 fully saturated rings. The maximum Gasteiger partial charge on any atom is 0.417 e. The molecule has 0 saturated heterocycles. The van der Waals surface area contributed by atoms with Crippen molar-refractivity contribution in [3.63, 3.8) is 0 Å². The van der Waals surface area contributed by atoms with Gasteiger partial charge in [0.1, 0.15) is 5.82 Å². The summed E-state index contributed by atoms with van der Waals surface area (Å²) in [5.74, 6) is 0.0908. The van der Waals surface area contributed by atoms with E-state index in [2.05, 4.69) is 4.98 Å². The smallest absolute Gasteiger partial charge is 0.396 e. The van der Waals surface area contributed by atoms with E-state index < -0.39 is 28.0 Å². The molecule has 0 bridgehead atoms. The zero-order valence-corrected chi connectivity index (χ0v) is 18.8. The molecule has 178 valence electrons. The van der Waals surface area contributed by atoms with E-state index in [-0.39, 0.29) is 48.7 Å². The lowest BCUT2D eigenvalue weighted by atomic mass is 10.1. The van der Waals surface area contributed by atoms with Crippen molar-refractivity contribution in [2.24, 2.45) is 7.05 Å². The Labute approximate surface area is 196 Å². The highest BCUT2D eigenvalue weighted by Gasteiger charge is 2.34. The summed E-state index contributed by atoms with van der Waals surface area (Å²) in [5.41, 5.74) is -1.30. The number of aliphatic hydroxyl groups excluding tert-OH is 1. The zero-order valence-electron chi connectivity index (χ0n) is 18.0. The van der Waals surface area contributed by atoms with Crippen LogP contribution in [0.2, 0.25) is 5.02 Å². The fourth-order valence-electron chi connectivity index (χ4n) is 3.82. The summed E-state index contributed by atoms with van der Waals surface area (Å²) in [6.07, 6.45) is -4.50. The number of rotatable bonds is 6. The lowest BCUT2D eigenvalue weighted by Gasteiger charge is -2.13. The first-order chi connectivity index (χ1) is 16.1. The Hall–Kier alpha value is -3.37. The Morgan fingerprint density at radius 2 is 1.76 bits per heavy atom. The van der Waals surface area contributed by atoms with Crippen LogP contribution < -0.4 is 11.2 Å². The number of aromatic nitrogens is 4. The first kappa shape index (κ1) is 23.8. The molecule has 7 nitrogen and oxygen atoms in total. The van der Waals surface area contributed by atoms with Crippen molar-refractivity contribution in [3.05, 3.63) is 85.5 Å². The topological polar surface area (TPSA) is 82.0 Å². The Balaban J connectivity index is 2.05. The summed E-state index contributed by atoms with van der Waals surface area (Å²) >= 11 is 5.79. The van der Waals surface area contributed by atoms with Crippen LogP contribution in [0.5, 0.6) is 0 Å². The highest BCUT2D eigenvalue weighted by molar-refractivity contribution is 6.31. The lowest BCUT2D eigenvalue weighted by Crippen LogP contribution is -2.39. The second kappa shape index (κ2) is 9.11. The van der Waals surface area contributed by atoms with Crippen molar-refractivity contribution in [2.45, 2.75) is 25.7 Å². The molecule has 11 heteroatoms. The van der Waals surface area contributed by atoms with Crippen molar-refractivity contribution in [1.82, 2.24) is 18.7 Å². The number of alkyl halides is 3. The minimum Gasteiger partial charge on any atom is -0.396 e. The number of aryl methyl sites for hydroxylation is 1. The van der Waals surface area contributed by atoms with Crippen molar-refractivity contribution in [3.8, 4) is 11.4 Å². The van der Waals surface area contributed by atoms with Gasteiger partial charge in [0, 0.05) is 32.3 Å². The molecule has 4 aromatic rings. The van der Waals surface area contributed by atoms with E-state index in [4.69, 9.17) is 16.7 Å². The minimum atomic E-state index is -4.69. The van der Waals surface area contributed by atoms with Gasteiger partial charge >= 0.3 is 11.9 Å². The molecule has 0 aliphatic heterocycles. The van der Waals surface area contributed by atoms with E-state index in [1.165, 1.54) is 22.2 Å². The number of aliphatic hydroxyl groups is 1. The van der Waals surface area contributed by atoms with Gasteiger partial charge in [0.15, 0.2) is 11.2 Å². The van der Waals surface area contributed by atoms with E-state index in [1.807, 2.05) is 18.2 Å². The third kappa shape index (κ3) is 4.26. The Morgan fingerprint density at radius 3 is 2.41 bits per heavy atom. The van der Waals surface area contributed by atoms with Gasteiger partial charge in [0.05, 0.1) is 10.6 Å². The molecule has 34 heavy (non-hydrogen) atoms. The number of benzene rings is 2. The SMILES string of the molecule is Cn1c(=O)n(CCCO)c(=O)c2c1nc(-c1ccc(Cl)c(C(F)(F)F)c1)n2Cc1ccccc1. The predicted octanol–water partition coefficient (Wildman–Crippen LogP) is 3.67. The van der Waals surface area contributed by atoms with E-state index in [0.29, 0.717) is 0 Å². The molecule has 0 atom stereocenters. The summed E-state index contributed by atoms with van der Waals surface area (Å²) in [7, 11) is 1.44. The fourth-order valence-corrected chi connectivity index (χ4v) is 4.04. The van der Waals surface area contributed by atoms with Crippen molar-refractivity contribution in [1.29, 1.82) is 0 Å². The maximum absolute atomic E-state index is 13.5. The molecule has 0 amide bonds. The van der Waals surface area contributed by atoms with Gasteiger partial charge in [-0.25, -0.2) is 9.78 Å². The molecule has 0 saturated carbocycles. The van der Waals surface area contributed by atoms with Gasteiger partial charge in [-0.15, -0.1) is 0 Å². The molecule has 1 N–H and O–H groups in total. The standard InChI is InChI=1S/C23H20ClF3N4O3/c1-29-20-18(21(33)30(22(29)34)10-5-11-32)31(13-14-6-3-2-4-7-14)19(28-20)15-8-9-17(24)16(12-15)23(25,26)27/h2-4,6-9,12,32H,5,10-11,13H2,1H3. The average molecular weight is 493 g/mol. The van der Waals surface area contributed by atoms with E-state index in [0.717, 1.165) is 22.3 Å². The number of halogens is 4. The van der Waals surface area contributed by atoms with Gasteiger partial charge in [-0.3, -0.25) is 13.9 Å². The van der Waals surface area contributed by atoms with E-state index >= 15 is 0 Å². The van der Waals surface area contributed by atoms with Crippen LogP contribution in [-0.4, -0.2) is 30.4 Å². The van der Waals surface area contributed by atoms with Crippen LogP contribution in [0.1, 0.15) is 17.5 Å². The van der Waals surface area contributed by atoms with Crippen LogP contribution in [-0.2, 0) is 26.3 Å². The van der Waals surface area contributed by atoms with Crippen LogP contribution in [0, 0.1) is 0 Å². The molecular weight excluding hydrogens is 473 g/mol. The number of fused-ring (bicyclic) bond motifs is 1. The number of imidazole rings is 1. The number of nitrogens with zero attached hydrogens (tertiary/aromatic N) is 4. The summed E-state index contributed by atoms with van der Waals surface area (Å²) in [5, 5.41) is 8.71. The minimum absolute atomic E-state index is 0.0109. The Kier molecular flexibility index (Phi) is 6.37. The molecule has 0 aliphatic carbocycles. The second-order valence-corrected chi connectivity index (χ2v) is 8.15. The molecule has 2 aromatic heterocycles. The summed E-state index contributed by atoms with van der Waals surface area (Å²) in [6, 6.07) is 12.4. The molecule has 2 heterocycles. The van der Waals surface area contributed by atoms with Crippen molar-refractivity contribution < 1.29 is 18.3 Å². The quantitative estimate of drug-likeness (QED) is 0.445. The van der Waals surface area contributed by atoms with Crippen LogP contribution in [0.3, 0.4) is 0 Å². The van der Waals surface area contributed by atoms with Crippen molar-refractivity contribution in [2.75, 3.05) is 6.61 Å². The molecule has 2 aromatic carbocycles. The lowest BCUT2D eigenvalue weighted by molar-refractivity contribution is -0.137. The van der Waals surface area contributed by atoms with Crippen molar-refractivity contribution >= 4 is 22.8 Å². The van der Waals surface area contributed by atoms with Crippen LogP contribution >= 0.6 is 11.6 Å². The van der Waals surface area contributed by atoms with Gasteiger partial charge in [-0.2, -0.15) is 13.2 Å². The maximum atomic E-state index is 13.5. The molecular formula is C23H20ClF3N4O3. The third-order valence-corrected chi connectivity index (χ3v) is 5.82. The summed E-state index contributed by atoms with van der Waals surface area (Å²) in [6.45, 7) is -0.0970. The van der Waals surface area contributed by atoms with Gasteiger partial charge in [0.25, 0.3) is 5.56 Å². The Bertz CT molecular complexity index is 1470. The number of hydrogen-bond donors (Lipinski definition) is 1. The Morgan fingerprint density at radius 1 is 1.06 bits per heavy atom. The molecule has 0 radical (unpaired) electrons. The molecule has 0 spiro atoms. The highest BCUT2D eigenvalue weighted by atomic mass is 35.5. The molecule has 0 aliphatic rings. The summed E-state index contributed by atoms with van der Waals surface area (Å²) in [4.78, 5) is 30.6. The molecule has 4 rings (SSSR count). The van der Waals surface area contributed by atoms with Crippen LogP contribution in [0.4, 0.5) is 13.2 Å². The van der Waals surface area contributed by atoms with Crippen LogP contribution in [0.25, 0.3) is 22.6 Å². The largest absolute Gasteiger partial charge is 0.417 e. The first-order valence-corrected chi connectivity index (χ1v) is 10.7. The van der Waals surface area contributed by atoms with Gasteiger partial charge in [-0.05, 0) is 30.2 Å². The fraction of sp³-hybridized carbons (Fsp3) is 0.261. The highest BCUT2D eigenvalue weighted by Crippen LogP contribution is 2.37. The first-order valence-electron chi connectivity index (χ1n) is 10.4.